The van der Waals surface area contributed by atoms with E-state index >= 15 is 0 Å². The number of likely N-dealkylation sites (tertiary alicyclic amines) is 1. The first-order valence-corrected chi connectivity index (χ1v) is 7.50. The fourth-order valence-electron chi connectivity index (χ4n) is 3.88. The molecule has 0 aromatic heterocycles. The molecule has 100 valence electrons. The molecule has 17 heavy (non-hydrogen) atoms. The maximum atomic E-state index is 9.85. The van der Waals surface area contributed by atoms with Crippen LogP contribution in [0.15, 0.2) is 0 Å². The van der Waals surface area contributed by atoms with Gasteiger partial charge in [0.1, 0.15) is 0 Å². The molecule has 2 unspecified atom stereocenters. The highest BCUT2D eigenvalue weighted by Gasteiger charge is 2.36. The second-order valence-corrected chi connectivity index (χ2v) is 6.69. The zero-order chi connectivity index (χ0) is 12.3. The summed E-state index contributed by atoms with van der Waals surface area (Å²) in [5.41, 5.74) is 0.217. The summed E-state index contributed by atoms with van der Waals surface area (Å²) in [7, 11) is 0. The SMILES string of the molecule is CC1CC(C)N(CC2(CO)CCCCCC2)C1. The predicted octanol–water partition coefficient (Wildman–Crippen LogP) is 3.05. The number of hydrogen-bond acceptors (Lipinski definition) is 2. The molecule has 0 amide bonds. The van der Waals surface area contributed by atoms with E-state index in [1.165, 1.54) is 51.5 Å². The van der Waals surface area contributed by atoms with Gasteiger partial charge in [-0.1, -0.05) is 32.6 Å². The van der Waals surface area contributed by atoms with Gasteiger partial charge in [-0.15, -0.1) is 0 Å². The minimum absolute atomic E-state index is 0.217. The van der Waals surface area contributed by atoms with Gasteiger partial charge in [-0.2, -0.15) is 0 Å². The van der Waals surface area contributed by atoms with E-state index < -0.39 is 0 Å². The van der Waals surface area contributed by atoms with E-state index in [1.54, 1.807) is 0 Å². The van der Waals surface area contributed by atoms with Gasteiger partial charge in [0, 0.05) is 31.2 Å². The molecule has 1 heterocycles. The van der Waals surface area contributed by atoms with E-state index in [0.29, 0.717) is 6.61 Å². The third-order valence-electron chi connectivity index (χ3n) is 4.95. The van der Waals surface area contributed by atoms with Crippen LogP contribution in [0.3, 0.4) is 0 Å². The van der Waals surface area contributed by atoms with Crippen molar-refractivity contribution in [3.8, 4) is 0 Å². The van der Waals surface area contributed by atoms with Crippen LogP contribution in [0.2, 0.25) is 0 Å². The lowest BCUT2D eigenvalue weighted by Gasteiger charge is -2.36. The molecule has 2 aliphatic rings. The van der Waals surface area contributed by atoms with Crippen LogP contribution in [-0.4, -0.2) is 35.7 Å². The Balaban J connectivity index is 1.97. The lowest BCUT2D eigenvalue weighted by Crippen LogP contribution is -2.41. The minimum Gasteiger partial charge on any atom is -0.396 e. The van der Waals surface area contributed by atoms with Crippen molar-refractivity contribution < 1.29 is 5.11 Å². The highest BCUT2D eigenvalue weighted by molar-refractivity contribution is 4.89. The van der Waals surface area contributed by atoms with Crippen LogP contribution in [0.4, 0.5) is 0 Å². The van der Waals surface area contributed by atoms with Crippen LogP contribution in [0.5, 0.6) is 0 Å². The van der Waals surface area contributed by atoms with E-state index in [-0.39, 0.29) is 5.41 Å². The molecule has 1 aliphatic carbocycles. The Labute approximate surface area is 106 Å². The van der Waals surface area contributed by atoms with E-state index in [0.717, 1.165) is 18.5 Å². The molecule has 2 rings (SSSR count). The summed E-state index contributed by atoms with van der Waals surface area (Å²) in [5, 5.41) is 9.85. The quantitative estimate of drug-likeness (QED) is 0.765. The average Bonchev–Trinajstić information content (AvgIpc) is 2.54. The monoisotopic (exact) mass is 239 g/mol. The average molecular weight is 239 g/mol. The largest absolute Gasteiger partial charge is 0.396 e. The zero-order valence-electron chi connectivity index (χ0n) is 11.6. The molecular weight excluding hydrogens is 210 g/mol. The Kier molecular flexibility index (Phi) is 4.48. The summed E-state index contributed by atoms with van der Waals surface area (Å²) in [6, 6.07) is 0.719. The highest BCUT2D eigenvalue weighted by Crippen LogP contribution is 2.37. The van der Waals surface area contributed by atoms with Crippen molar-refractivity contribution in [3.63, 3.8) is 0 Å². The van der Waals surface area contributed by atoms with Gasteiger partial charge >= 0.3 is 0 Å². The van der Waals surface area contributed by atoms with Crippen molar-refractivity contribution in [2.45, 2.75) is 64.8 Å². The second kappa shape index (κ2) is 5.71. The third kappa shape index (κ3) is 3.23. The molecule has 2 fully saturated rings. The Morgan fingerprint density at radius 1 is 1.12 bits per heavy atom. The fourth-order valence-corrected chi connectivity index (χ4v) is 3.88. The first kappa shape index (κ1) is 13.4. The van der Waals surface area contributed by atoms with Crippen molar-refractivity contribution >= 4 is 0 Å². The highest BCUT2D eigenvalue weighted by atomic mass is 16.3. The molecule has 0 spiro atoms. The first-order chi connectivity index (χ1) is 8.15. The molecule has 1 N–H and O–H groups in total. The predicted molar refractivity (Wildman–Crippen MR) is 72.0 cm³/mol. The van der Waals surface area contributed by atoms with Gasteiger partial charge in [-0.05, 0) is 32.1 Å². The summed E-state index contributed by atoms with van der Waals surface area (Å²) < 4.78 is 0. The number of hydrogen-bond donors (Lipinski definition) is 1. The molecule has 1 saturated heterocycles. The van der Waals surface area contributed by atoms with Gasteiger partial charge in [0.25, 0.3) is 0 Å². The van der Waals surface area contributed by atoms with Crippen LogP contribution in [0.1, 0.15) is 58.8 Å². The molecule has 0 aromatic rings. The third-order valence-corrected chi connectivity index (χ3v) is 4.95. The Morgan fingerprint density at radius 3 is 2.24 bits per heavy atom. The summed E-state index contributed by atoms with van der Waals surface area (Å²) in [5.74, 6) is 0.839. The Hall–Kier alpha value is -0.0800. The van der Waals surface area contributed by atoms with Gasteiger partial charge in [-0.3, -0.25) is 4.90 Å². The van der Waals surface area contributed by atoms with Crippen LogP contribution < -0.4 is 0 Å². The topological polar surface area (TPSA) is 23.5 Å². The Bertz CT molecular complexity index is 233. The number of rotatable bonds is 3. The molecule has 2 atom stereocenters. The maximum Gasteiger partial charge on any atom is 0.0499 e. The molecule has 2 nitrogen and oxygen atoms in total. The van der Waals surface area contributed by atoms with Crippen molar-refractivity contribution in [1.29, 1.82) is 0 Å². The Morgan fingerprint density at radius 2 is 1.76 bits per heavy atom. The summed E-state index contributed by atoms with van der Waals surface area (Å²) >= 11 is 0. The maximum absolute atomic E-state index is 9.85. The van der Waals surface area contributed by atoms with Gasteiger partial charge in [0.2, 0.25) is 0 Å². The number of nitrogens with zero attached hydrogens (tertiary/aromatic N) is 1. The van der Waals surface area contributed by atoms with E-state index in [4.69, 9.17) is 0 Å². The summed E-state index contributed by atoms with van der Waals surface area (Å²) in [4.78, 5) is 2.63. The fraction of sp³-hybridized carbons (Fsp3) is 1.00. The second-order valence-electron chi connectivity index (χ2n) is 6.69. The summed E-state index contributed by atoms with van der Waals surface area (Å²) in [6.07, 6.45) is 9.18. The molecule has 0 aromatic carbocycles. The van der Waals surface area contributed by atoms with E-state index in [9.17, 15) is 5.11 Å². The molecule has 1 saturated carbocycles. The summed E-state index contributed by atoms with van der Waals surface area (Å²) in [6.45, 7) is 7.48. The zero-order valence-corrected chi connectivity index (χ0v) is 11.6. The van der Waals surface area contributed by atoms with Crippen molar-refractivity contribution in [2.24, 2.45) is 11.3 Å². The van der Waals surface area contributed by atoms with Gasteiger partial charge < -0.3 is 5.11 Å². The van der Waals surface area contributed by atoms with Crippen LogP contribution in [0.25, 0.3) is 0 Å². The lowest BCUT2D eigenvalue weighted by molar-refractivity contribution is 0.0561. The smallest absolute Gasteiger partial charge is 0.0499 e. The van der Waals surface area contributed by atoms with E-state index in [1.807, 2.05) is 0 Å². The van der Waals surface area contributed by atoms with Crippen molar-refractivity contribution in [1.82, 2.24) is 4.90 Å². The van der Waals surface area contributed by atoms with Gasteiger partial charge in [0.15, 0.2) is 0 Å². The molecule has 1 aliphatic heterocycles. The van der Waals surface area contributed by atoms with Gasteiger partial charge in [0.05, 0.1) is 0 Å². The van der Waals surface area contributed by atoms with Crippen LogP contribution in [-0.2, 0) is 0 Å². The standard InChI is InChI=1S/C15H29NO/c1-13-9-14(2)16(10-13)11-15(12-17)7-5-3-4-6-8-15/h13-14,17H,3-12H2,1-2H3. The first-order valence-electron chi connectivity index (χ1n) is 7.50. The number of aliphatic hydroxyl groups is 1. The molecule has 0 bridgehead atoms. The number of aliphatic hydroxyl groups excluding tert-OH is 1. The van der Waals surface area contributed by atoms with Crippen LogP contribution >= 0.6 is 0 Å². The van der Waals surface area contributed by atoms with Crippen molar-refractivity contribution in [3.05, 3.63) is 0 Å². The van der Waals surface area contributed by atoms with E-state index in [2.05, 4.69) is 18.7 Å². The van der Waals surface area contributed by atoms with Crippen molar-refractivity contribution in [2.75, 3.05) is 19.7 Å². The normalized spacial score (nSPS) is 34.8. The minimum atomic E-state index is 0.217. The molecular formula is C15H29NO. The van der Waals surface area contributed by atoms with Crippen LogP contribution in [0, 0.1) is 11.3 Å². The lowest BCUT2D eigenvalue weighted by atomic mass is 9.80. The molecule has 0 radical (unpaired) electrons. The van der Waals surface area contributed by atoms with Gasteiger partial charge in [-0.25, -0.2) is 0 Å². The molecule has 2 heteroatoms.